The summed E-state index contributed by atoms with van der Waals surface area (Å²) in [6.45, 7) is 5.28. The number of sulfone groups is 1. The molecule has 1 amide bonds. The van der Waals surface area contributed by atoms with Crippen LogP contribution in [0, 0.1) is 0 Å². The molecular weight excluding hydrogens is 398 g/mol. The smallest absolute Gasteiger partial charge is 0.410 e. The summed E-state index contributed by atoms with van der Waals surface area (Å²) in [7, 11) is -2.41. The lowest BCUT2D eigenvalue weighted by atomic mass is 10.2. The average Bonchev–Trinajstić information content (AvgIpc) is 2.65. The van der Waals surface area contributed by atoms with Crippen LogP contribution >= 0.6 is 0 Å². The molecule has 0 aliphatic heterocycles. The Bertz CT molecular complexity index is 798. The lowest BCUT2D eigenvalue weighted by Gasteiger charge is -2.27. The molecule has 1 rings (SSSR count). The third kappa shape index (κ3) is 9.58. The molecule has 0 bridgehead atoms. The minimum absolute atomic E-state index is 0.0237. The highest BCUT2D eigenvalue weighted by Gasteiger charge is 2.23. The Kier molecular flexibility index (Phi) is 9.32. The molecule has 0 saturated carbocycles. The number of hydrogen-bond acceptors (Lipinski definition) is 7. The first-order valence-electron chi connectivity index (χ1n) is 9.16. The predicted molar refractivity (Wildman–Crippen MR) is 108 cm³/mol. The molecular formula is C20H29NO7S. The monoisotopic (exact) mass is 427 g/mol. The molecule has 0 aromatic heterocycles. The minimum atomic E-state index is -3.67. The third-order valence-corrected chi connectivity index (χ3v) is 5.16. The molecule has 0 aliphatic rings. The van der Waals surface area contributed by atoms with Crippen LogP contribution in [0.5, 0.6) is 0 Å². The number of benzene rings is 1. The van der Waals surface area contributed by atoms with Gasteiger partial charge in [-0.3, -0.25) is 4.79 Å². The van der Waals surface area contributed by atoms with Gasteiger partial charge in [0, 0.05) is 18.5 Å². The van der Waals surface area contributed by atoms with E-state index in [4.69, 9.17) is 4.74 Å². The van der Waals surface area contributed by atoms with Crippen LogP contribution in [0.4, 0.5) is 4.79 Å². The maximum Gasteiger partial charge on any atom is 0.410 e. The van der Waals surface area contributed by atoms with E-state index >= 15 is 0 Å². The number of carbonyl (C=O) groups is 2. The molecule has 0 fully saturated rings. The van der Waals surface area contributed by atoms with Crippen molar-refractivity contribution >= 4 is 21.9 Å². The number of carbonyl (C=O) groups excluding carboxylic acids is 2. The van der Waals surface area contributed by atoms with E-state index in [-0.39, 0.29) is 30.8 Å². The molecule has 0 spiro atoms. The largest absolute Gasteiger partial charge is 0.469 e. The SMILES string of the molecule is COC(=O)CCN(CCC(O)/C=C/S(=O)(=O)c1ccccc1)C(=O)OC(C)(C)C. The number of hydrogen-bond donors (Lipinski definition) is 1. The lowest BCUT2D eigenvalue weighted by molar-refractivity contribution is -0.140. The summed E-state index contributed by atoms with van der Waals surface area (Å²) in [5.74, 6) is -0.479. The van der Waals surface area contributed by atoms with Gasteiger partial charge in [-0.05, 0) is 45.4 Å². The van der Waals surface area contributed by atoms with Crippen molar-refractivity contribution in [2.45, 2.75) is 50.2 Å². The first-order valence-corrected chi connectivity index (χ1v) is 10.7. The molecule has 1 N–H and O–H groups in total. The Morgan fingerprint density at radius 1 is 1.17 bits per heavy atom. The van der Waals surface area contributed by atoms with Crippen LogP contribution in [0.2, 0.25) is 0 Å². The molecule has 8 nitrogen and oxygen atoms in total. The van der Waals surface area contributed by atoms with Gasteiger partial charge in [-0.15, -0.1) is 0 Å². The van der Waals surface area contributed by atoms with Crippen molar-refractivity contribution < 1.29 is 32.6 Å². The molecule has 162 valence electrons. The van der Waals surface area contributed by atoms with E-state index in [0.717, 1.165) is 11.5 Å². The maximum atomic E-state index is 12.3. The summed E-state index contributed by atoms with van der Waals surface area (Å²) in [6.07, 6.45) is -0.521. The molecule has 0 heterocycles. The Morgan fingerprint density at radius 3 is 2.34 bits per heavy atom. The second-order valence-electron chi connectivity index (χ2n) is 7.34. The summed E-state index contributed by atoms with van der Waals surface area (Å²) in [5.41, 5.74) is -0.719. The van der Waals surface area contributed by atoms with Crippen LogP contribution in [0.1, 0.15) is 33.6 Å². The van der Waals surface area contributed by atoms with Crippen molar-refractivity contribution in [3.63, 3.8) is 0 Å². The Balaban J connectivity index is 2.73. The standard InChI is InChI=1S/C20H29NO7S/c1-20(2,3)28-19(24)21(14-11-18(23)27-4)13-10-16(22)12-15-29(25,26)17-8-6-5-7-9-17/h5-9,12,15-16,22H,10-11,13-14H2,1-4H3/b15-12+. The number of methoxy groups -OCH3 is 1. The van der Waals surface area contributed by atoms with Gasteiger partial charge in [-0.25, -0.2) is 13.2 Å². The Morgan fingerprint density at radius 2 is 1.79 bits per heavy atom. The zero-order chi connectivity index (χ0) is 22.1. The van der Waals surface area contributed by atoms with Gasteiger partial charge in [0.25, 0.3) is 0 Å². The Labute approximate surface area is 172 Å². The van der Waals surface area contributed by atoms with Gasteiger partial charge < -0.3 is 19.5 Å². The van der Waals surface area contributed by atoms with Crippen molar-refractivity contribution in [3.05, 3.63) is 41.8 Å². The molecule has 0 aliphatic carbocycles. The van der Waals surface area contributed by atoms with Crippen molar-refractivity contribution in [3.8, 4) is 0 Å². The van der Waals surface area contributed by atoms with Gasteiger partial charge in [0.1, 0.15) is 5.60 Å². The fourth-order valence-corrected chi connectivity index (χ4v) is 3.30. The van der Waals surface area contributed by atoms with Crippen molar-refractivity contribution in [2.24, 2.45) is 0 Å². The molecule has 1 atom stereocenters. The molecule has 1 aromatic carbocycles. The second-order valence-corrected chi connectivity index (χ2v) is 9.17. The van der Waals surface area contributed by atoms with E-state index in [2.05, 4.69) is 4.74 Å². The van der Waals surface area contributed by atoms with Gasteiger partial charge in [0.15, 0.2) is 9.84 Å². The van der Waals surface area contributed by atoms with Crippen LogP contribution in [0.25, 0.3) is 0 Å². The highest BCUT2D eigenvalue weighted by molar-refractivity contribution is 7.94. The first kappa shape index (κ1) is 24.6. The number of aliphatic hydroxyl groups excluding tert-OH is 1. The van der Waals surface area contributed by atoms with Crippen LogP contribution in [-0.2, 0) is 24.1 Å². The normalized spacial score (nSPS) is 13.1. The van der Waals surface area contributed by atoms with Crippen LogP contribution < -0.4 is 0 Å². The second kappa shape index (κ2) is 11.0. The van der Waals surface area contributed by atoms with Gasteiger partial charge in [-0.1, -0.05) is 18.2 Å². The zero-order valence-corrected chi connectivity index (χ0v) is 18.0. The molecule has 0 radical (unpaired) electrons. The summed E-state index contributed by atoms with van der Waals surface area (Å²) in [6, 6.07) is 7.84. The molecule has 29 heavy (non-hydrogen) atoms. The van der Waals surface area contributed by atoms with Gasteiger partial charge in [0.2, 0.25) is 0 Å². The van der Waals surface area contributed by atoms with E-state index in [9.17, 15) is 23.1 Å². The van der Waals surface area contributed by atoms with Crippen molar-refractivity contribution in [1.82, 2.24) is 4.90 Å². The number of esters is 1. The first-order chi connectivity index (χ1) is 13.4. The zero-order valence-electron chi connectivity index (χ0n) is 17.2. The molecule has 1 aromatic rings. The summed E-state index contributed by atoms with van der Waals surface area (Å²) in [5, 5.41) is 11.1. The molecule has 9 heteroatoms. The lowest BCUT2D eigenvalue weighted by Crippen LogP contribution is -2.39. The summed E-state index contributed by atoms with van der Waals surface area (Å²) < 4.78 is 34.3. The third-order valence-electron chi connectivity index (χ3n) is 3.71. The van der Waals surface area contributed by atoms with E-state index in [1.807, 2.05) is 0 Å². The van der Waals surface area contributed by atoms with Gasteiger partial charge >= 0.3 is 12.1 Å². The highest BCUT2D eigenvalue weighted by Crippen LogP contribution is 2.14. The number of nitrogens with zero attached hydrogens (tertiary/aromatic N) is 1. The number of rotatable bonds is 9. The minimum Gasteiger partial charge on any atom is -0.469 e. The maximum absolute atomic E-state index is 12.3. The van der Waals surface area contributed by atoms with Crippen molar-refractivity contribution in [2.75, 3.05) is 20.2 Å². The number of amides is 1. The number of ether oxygens (including phenoxy) is 2. The van der Waals surface area contributed by atoms with Gasteiger partial charge in [0.05, 0.1) is 24.5 Å². The highest BCUT2D eigenvalue weighted by atomic mass is 32.2. The van der Waals surface area contributed by atoms with Crippen LogP contribution in [0.3, 0.4) is 0 Å². The fourth-order valence-electron chi connectivity index (χ4n) is 2.22. The van der Waals surface area contributed by atoms with Crippen LogP contribution in [-0.4, -0.2) is 62.4 Å². The summed E-state index contributed by atoms with van der Waals surface area (Å²) in [4.78, 5) is 25.1. The topological polar surface area (TPSA) is 110 Å². The Hall–Kier alpha value is -2.39. The fraction of sp³-hybridized carbons (Fsp3) is 0.500. The predicted octanol–water partition coefficient (Wildman–Crippen LogP) is 2.53. The van der Waals surface area contributed by atoms with Crippen molar-refractivity contribution in [1.29, 1.82) is 0 Å². The van der Waals surface area contributed by atoms with E-state index in [0.29, 0.717) is 0 Å². The number of aliphatic hydroxyl groups is 1. The molecule has 0 saturated heterocycles. The van der Waals surface area contributed by atoms with E-state index < -0.39 is 33.6 Å². The van der Waals surface area contributed by atoms with Gasteiger partial charge in [-0.2, -0.15) is 0 Å². The average molecular weight is 428 g/mol. The van der Waals surface area contributed by atoms with Crippen LogP contribution in [0.15, 0.2) is 46.7 Å². The van der Waals surface area contributed by atoms with E-state index in [1.165, 1.54) is 24.1 Å². The quantitative estimate of drug-likeness (QED) is 0.603. The summed E-state index contributed by atoms with van der Waals surface area (Å²) >= 11 is 0. The molecule has 1 unspecified atom stereocenters. The van der Waals surface area contributed by atoms with E-state index in [1.54, 1.807) is 39.0 Å².